The van der Waals surface area contributed by atoms with Gasteiger partial charge in [-0.2, -0.15) is 0 Å². The van der Waals surface area contributed by atoms with Crippen molar-refractivity contribution in [3.8, 4) is 5.75 Å². The first kappa shape index (κ1) is 17.0. The molecule has 1 atom stereocenters. The van der Waals surface area contributed by atoms with Crippen LogP contribution in [0.5, 0.6) is 5.75 Å². The molecule has 1 saturated heterocycles. The highest BCUT2D eigenvalue weighted by atomic mass is 19.3. The van der Waals surface area contributed by atoms with Crippen molar-refractivity contribution in [3.63, 3.8) is 0 Å². The maximum absolute atomic E-state index is 13.6. The van der Waals surface area contributed by atoms with Gasteiger partial charge in [-0.1, -0.05) is 6.07 Å². The molecule has 0 saturated carbocycles. The van der Waals surface area contributed by atoms with Crippen molar-refractivity contribution in [1.82, 2.24) is 10.2 Å². The van der Waals surface area contributed by atoms with Crippen LogP contribution in [0, 0.1) is 0 Å². The van der Waals surface area contributed by atoms with Crippen LogP contribution >= 0.6 is 0 Å². The van der Waals surface area contributed by atoms with E-state index in [9.17, 15) is 13.9 Å². The lowest BCUT2D eigenvalue weighted by Gasteiger charge is -2.35. The first-order valence-electron chi connectivity index (χ1n) is 7.89. The van der Waals surface area contributed by atoms with Crippen molar-refractivity contribution in [1.29, 1.82) is 0 Å². The smallest absolute Gasteiger partial charge is 0.258 e. The summed E-state index contributed by atoms with van der Waals surface area (Å²) in [7, 11) is 0. The minimum absolute atomic E-state index is 0.0479. The molecule has 0 unspecified atom stereocenters. The summed E-state index contributed by atoms with van der Waals surface area (Å²) in [4.78, 5) is 3.82. The quantitative estimate of drug-likeness (QED) is 0.846. The molecule has 0 aliphatic carbocycles. The minimum atomic E-state index is -2.52. The lowest BCUT2D eigenvalue weighted by molar-refractivity contribution is 0.0170. The number of hydrogen-bond acceptors (Lipinski definition) is 4. The van der Waals surface area contributed by atoms with Crippen LogP contribution in [-0.2, 0) is 0 Å². The Morgan fingerprint density at radius 1 is 1.23 bits per heavy atom. The third-order valence-corrected chi connectivity index (χ3v) is 4.24. The Balaban J connectivity index is 2.28. The van der Waals surface area contributed by atoms with Crippen LogP contribution in [0.4, 0.5) is 14.5 Å². The molecule has 4 nitrogen and oxygen atoms in total. The van der Waals surface area contributed by atoms with Crippen LogP contribution in [0.3, 0.4) is 0 Å². The fourth-order valence-corrected chi connectivity index (χ4v) is 3.02. The fourth-order valence-electron chi connectivity index (χ4n) is 3.02. The van der Waals surface area contributed by atoms with Gasteiger partial charge >= 0.3 is 0 Å². The highest BCUT2D eigenvalue weighted by Crippen LogP contribution is 2.35. The number of hydrogen-bond donors (Lipinski definition) is 2. The Bertz CT molecular complexity index is 474. The number of rotatable bonds is 6. The summed E-state index contributed by atoms with van der Waals surface area (Å²) < 4.78 is 27.1. The van der Waals surface area contributed by atoms with Gasteiger partial charge in [-0.15, -0.1) is 0 Å². The van der Waals surface area contributed by atoms with Crippen LogP contribution in [0.25, 0.3) is 0 Å². The topological polar surface area (TPSA) is 38.7 Å². The molecule has 1 aromatic carbocycles. The monoisotopic (exact) mass is 313 g/mol. The van der Waals surface area contributed by atoms with Crippen LogP contribution in [0.15, 0.2) is 18.2 Å². The Hall–Kier alpha value is -1.40. The Morgan fingerprint density at radius 2 is 1.86 bits per heavy atom. The lowest BCUT2D eigenvalue weighted by Crippen LogP contribution is -2.46. The minimum Gasteiger partial charge on any atom is -0.508 e. The Morgan fingerprint density at radius 3 is 2.36 bits per heavy atom. The normalized spacial score (nSPS) is 17.7. The van der Waals surface area contributed by atoms with E-state index >= 15 is 0 Å². The van der Waals surface area contributed by atoms with E-state index < -0.39 is 12.5 Å². The summed E-state index contributed by atoms with van der Waals surface area (Å²) in [5.41, 5.74) is 1.17. The predicted molar refractivity (Wildman–Crippen MR) is 84.9 cm³/mol. The van der Waals surface area contributed by atoms with E-state index in [0.717, 1.165) is 18.8 Å². The summed E-state index contributed by atoms with van der Waals surface area (Å²) in [5.74, 6) is -0.0479. The zero-order valence-corrected chi connectivity index (χ0v) is 13.2. The number of alkyl halides is 2. The van der Waals surface area contributed by atoms with Gasteiger partial charge in [-0.25, -0.2) is 8.78 Å². The highest BCUT2D eigenvalue weighted by molar-refractivity contribution is 5.54. The largest absolute Gasteiger partial charge is 0.508 e. The van der Waals surface area contributed by atoms with E-state index in [0.29, 0.717) is 31.7 Å². The van der Waals surface area contributed by atoms with Gasteiger partial charge in [0.15, 0.2) is 0 Å². The van der Waals surface area contributed by atoms with Crippen LogP contribution < -0.4 is 10.2 Å². The zero-order valence-electron chi connectivity index (χ0n) is 13.2. The Labute approximate surface area is 130 Å². The van der Waals surface area contributed by atoms with Crippen LogP contribution in [0.1, 0.15) is 25.5 Å². The molecule has 0 aromatic heterocycles. The van der Waals surface area contributed by atoms with Crippen molar-refractivity contribution < 1.29 is 13.9 Å². The Kier molecular flexibility index (Phi) is 5.97. The predicted octanol–water partition coefficient (Wildman–Crippen LogP) is 2.45. The highest BCUT2D eigenvalue weighted by Gasteiger charge is 2.32. The van der Waals surface area contributed by atoms with Crippen molar-refractivity contribution >= 4 is 5.69 Å². The number of nitrogens with one attached hydrogen (secondary N) is 1. The van der Waals surface area contributed by atoms with Crippen molar-refractivity contribution in [2.75, 3.05) is 44.2 Å². The molecule has 0 amide bonds. The summed E-state index contributed by atoms with van der Waals surface area (Å²) >= 11 is 0. The first-order chi connectivity index (χ1) is 10.6. The van der Waals surface area contributed by atoms with Gasteiger partial charge in [0.2, 0.25) is 0 Å². The maximum atomic E-state index is 13.6. The molecule has 1 aromatic rings. The first-order valence-corrected chi connectivity index (χ1v) is 7.89. The lowest BCUT2D eigenvalue weighted by atomic mass is 10.0. The van der Waals surface area contributed by atoms with Crippen molar-refractivity contribution in [3.05, 3.63) is 23.8 Å². The third kappa shape index (κ3) is 3.67. The number of anilines is 1. The summed E-state index contributed by atoms with van der Waals surface area (Å²) in [5, 5.41) is 13.4. The van der Waals surface area contributed by atoms with Crippen molar-refractivity contribution in [2.24, 2.45) is 0 Å². The van der Waals surface area contributed by atoms with Gasteiger partial charge in [0.05, 0.1) is 6.04 Å². The summed E-state index contributed by atoms with van der Waals surface area (Å²) in [6.07, 6.45) is -2.52. The molecule has 1 aliphatic heterocycles. The molecule has 1 fully saturated rings. The number of piperazine rings is 1. The SMILES string of the molecule is CCN(CC)c1ccc([C@H](C(F)F)N2CCNCC2)c(O)c1. The number of benzene rings is 1. The van der Waals surface area contributed by atoms with E-state index in [1.807, 2.05) is 19.9 Å². The van der Waals surface area contributed by atoms with Gasteiger partial charge in [0, 0.05) is 56.6 Å². The van der Waals surface area contributed by atoms with Gasteiger partial charge < -0.3 is 15.3 Å². The van der Waals surface area contributed by atoms with E-state index in [2.05, 4.69) is 10.2 Å². The second kappa shape index (κ2) is 7.74. The molecule has 124 valence electrons. The maximum Gasteiger partial charge on any atom is 0.258 e. The molecular formula is C16H25F2N3O. The van der Waals surface area contributed by atoms with Crippen molar-refractivity contribution in [2.45, 2.75) is 26.3 Å². The van der Waals surface area contributed by atoms with E-state index in [-0.39, 0.29) is 5.75 Å². The van der Waals surface area contributed by atoms with Crippen LogP contribution in [-0.4, -0.2) is 55.7 Å². The van der Waals surface area contributed by atoms with Gasteiger partial charge in [-0.05, 0) is 19.9 Å². The number of phenols is 1. The molecule has 1 heterocycles. The molecule has 6 heteroatoms. The van der Waals surface area contributed by atoms with E-state index in [1.165, 1.54) is 0 Å². The number of phenolic OH excluding ortho intramolecular Hbond substituents is 1. The molecule has 0 radical (unpaired) electrons. The van der Waals surface area contributed by atoms with Gasteiger partial charge in [0.25, 0.3) is 6.43 Å². The standard InChI is InChI=1S/C16H25F2N3O/c1-3-20(4-2)12-5-6-13(14(22)11-12)15(16(17)18)21-9-7-19-8-10-21/h5-6,11,15-16,19,22H,3-4,7-10H2,1-2H3/t15-/m1/s1. The zero-order chi connectivity index (χ0) is 16.1. The van der Waals surface area contributed by atoms with Gasteiger partial charge in [0.1, 0.15) is 5.75 Å². The molecule has 2 rings (SSSR count). The molecule has 2 N–H and O–H groups in total. The molecular weight excluding hydrogens is 288 g/mol. The summed E-state index contributed by atoms with van der Waals surface area (Å²) in [6.45, 7) is 8.19. The fraction of sp³-hybridized carbons (Fsp3) is 0.625. The second-order valence-electron chi connectivity index (χ2n) is 5.48. The second-order valence-corrected chi connectivity index (χ2v) is 5.48. The number of nitrogens with zero attached hydrogens (tertiary/aromatic N) is 2. The third-order valence-electron chi connectivity index (χ3n) is 4.24. The molecule has 22 heavy (non-hydrogen) atoms. The van der Waals surface area contributed by atoms with Gasteiger partial charge in [-0.3, -0.25) is 4.90 Å². The number of halogens is 2. The van der Waals surface area contributed by atoms with E-state index in [4.69, 9.17) is 0 Å². The average molecular weight is 313 g/mol. The van der Waals surface area contributed by atoms with Crippen LogP contribution in [0.2, 0.25) is 0 Å². The average Bonchev–Trinajstić information content (AvgIpc) is 2.51. The molecule has 0 spiro atoms. The molecule has 0 bridgehead atoms. The van der Waals surface area contributed by atoms with E-state index in [1.54, 1.807) is 17.0 Å². The molecule has 1 aliphatic rings. The number of aromatic hydroxyl groups is 1. The summed E-state index contributed by atoms with van der Waals surface area (Å²) in [6, 6.07) is 4.01.